The van der Waals surface area contributed by atoms with Gasteiger partial charge in [0.05, 0.1) is 11.0 Å². The molecule has 1 aliphatic rings. The Labute approximate surface area is 134 Å². The van der Waals surface area contributed by atoms with Crippen LogP contribution in [0.4, 0.5) is 13.2 Å². The molecule has 1 atom stereocenters. The second-order valence-electron chi connectivity index (χ2n) is 5.62. The number of carboxylic acids is 2. The second-order valence-corrected chi connectivity index (χ2v) is 5.62. The second kappa shape index (κ2) is 5.70. The van der Waals surface area contributed by atoms with Crippen LogP contribution in [0.2, 0.25) is 0 Å². The van der Waals surface area contributed by atoms with Crippen molar-refractivity contribution in [3.05, 3.63) is 47.1 Å². The van der Waals surface area contributed by atoms with Crippen molar-refractivity contribution in [3.8, 4) is 5.75 Å². The first kappa shape index (κ1) is 17.6. The molecule has 0 amide bonds. The van der Waals surface area contributed by atoms with Gasteiger partial charge in [0, 0.05) is 5.57 Å². The van der Waals surface area contributed by atoms with Crippen molar-refractivity contribution in [1.29, 1.82) is 0 Å². The Hall–Kier alpha value is -2.77. The highest BCUT2D eigenvalue weighted by Gasteiger charge is 2.42. The minimum atomic E-state index is -4.81. The number of phenols is 1. The summed E-state index contributed by atoms with van der Waals surface area (Å²) in [5.74, 6) is -3.62. The third-order valence-electron chi connectivity index (χ3n) is 3.95. The number of phenolic OH excluding ortho intramolecular Hbond substituents is 1. The summed E-state index contributed by atoms with van der Waals surface area (Å²) >= 11 is 0. The first-order valence-electron chi connectivity index (χ1n) is 6.75. The summed E-state index contributed by atoms with van der Waals surface area (Å²) in [6, 6.07) is 2.65. The number of hydrogen-bond donors (Lipinski definition) is 3. The Morgan fingerprint density at radius 2 is 1.79 bits per heavy atom. The van der Waals surface area contributed by atoms with Gasteiger partial charge in [-0.2, -0.15) is 13.2 Å². The highest BCUT2D eigenvalue weighted by Crippen LogP contribution is 2.45. The fraction of sp³-hybridized carbons (Fsp3) is 0.250. The van der Waals surface area contributed by atoms with E-state index in [9.17, 15) is 33.0 Å². The standard InChI is InChI=1S/C16H13F3O5/c1-15(14(23)24)7-9(13(21)22)2-4-10(15)8-3-5-12(20)11(6-8)16(17,18)19/h2-6,20H,7H2,1H3,(H,21,22)(H,23,24). The van der Waals surface area contributed by atoms with Crippen LogP contribution in [0.5, 0.6) is 5.75 Å². The van der Waals surface area contributed by atoms with Crippen molar-refractivity contribution in [2.24, 2.45) is 5.41 Å². The zero-order chi connectivity index (χ0) is 18.3. The van der Waals surface area contributed by atoms with E-state index >= 15 is 0 Å². The highest BCUT2D eigenvalue weighted by molar-refractivity contribution is 5.98. The van der Waals surface area contributed by atoms with Crippen molar-refractivity contribution in [2.45, 2.75) is 19.5 Å². The number of alkyl halides is 3. The van der Waals surface area contributed by atoms with E-state index in [1.54, 1.807) is 0 Å². The van der Waals surface area contributed by atoms with Crippen LogP contribution in [0, 0.1) is 5.41 Å². The summed E-state index contributed by atoms with van der Waals surface area (Å²) < 4.78 is 38.8. The third-order valence-corrected chi connectivity index (χ3v) is 3.95. The minimum absolute atomic E-state index is 0.0329. The average molecular weight is 342 g/mol. The van der Waals surface area contributed by atoms with Gasteiger partial charge in [-0.1, -0.05) is 18.2 Å². The fourth-order valence-corrected chi connectivity index (χ4v) is 2.59. The molecular formula is C16H13F3O5. The topological polar surface area (TPSA) is 94.8 Å². The maximum absolute atomic E-state index is 12.9. The van der Waals surface area contributed by atoms with Crippen LogP contribution in [0.15, 0.2) is 35.9 Å². The Bertz CT molecular complexity index is 776. The van der Waals surface area contributed by atoms with Crippen molar-refractivity contribution < 1.29 is 38.1 Å². The third kappa shape index (κ3) is 2.99. The molecule has 0 saturated carbocycles. The largest absolute Gasteiger partial charge is 0.507 e. The molecule has 1 unspecified atom stereocenters. The summed E-state index contributed by atoms with van der Waals surface area (Å²) in [5.41, 5.74) is -3.17. The van der Waals surface area contributed by atoms with E-state index in [1.165, 1.54) is 19.1 Å². The molecule has 24 heavy (non-hydrogen) atoms. The molecule has 1 aliphatic carbocycles. The van der Waals surface area contributed by atoms with Crippen molar-refractivity contribution in [1.82, 2.24) is 0 Å². The van der Waals surface area contributed by atoms with Gasteiger partial charge in [-0.15, -0.1) is 0 Å². The normalized spacial score (nSPS) is 21.0. The van der Waals surface area contributed by atoms with Crippen LogP contribution in [0.1, 0.15) is 24.5 Å². The molecule has 0 saturated heterocycles. The smallest absolute Gasteiger partial charge is 0.419 e. The van der Waals surface area contributed by atoms with Gasteiger partial charge in [0.2, 0.25) is 0 Å². The first-order valence-corrected chi connectivity index (χ1v) is 6.75. The van der Waals surface area contributed by atoms with Crippen LogP contribution in [0.25, 0.3) is 5.57 Å². The molecule has 1 aromatic carbocycles. The lowest BCUT2D eigenvalue weighted by molar-refractivity contribution is -0.144. The van der Waals surface area contributed by atoms with E-state index in [2.05, 4.69) is 0 Å². The summed E-state index contributed by atoms with van der Waals surface area (Å²) in [6.07, 6.45) is -2.82. The number of halogens is 3. The molecule has 1 aromatic rings. The van der Waals surface area contributed by atoms with Crippen LogP contribution < -0.4 is 0 Å². The minimum Gasteiger partial charge on any atom is -0.507 e. The van der Waals surface area contributed by atoms with Gasteiger partial charge in [-0.25, -0.2) is 4.79 Å². The van der Waals surface area contributed by atoms with Gasteiger partial charge < -0.3 is 15.3 Å². The Balaban J connectivity index is 2.64. The Morgan fingerprint density at radius 3 is 2.29 bits per heavy atom. The maximum atomic E-state index is 12.9. The summed E-state index contributed by atoms with van der Waals surface area (Å²) in [7, 11) is 0. The van der Waals surface area contributed by atoms with E-state index in [0.717, 1.165) is 12.1 Å². The number of hydrogen-bond acceptors (Lipinski definition) is 3. The van der Waals surface area contributed by atoms with Gasteiger partial charge in [0.1, 0.15) is 5.75 Å². The lowest BCUT2D eigenvalue weighted by atomic mass is 9.71. The molecule has 8 heteroatoms. The summed E-state index contributed by atoms with van der Waals surface area (Å²) in [6.45, 7) is 1.25. The zero-order valence-electron chi connectivity index (χ0n) is 12.4. The maximum Gasteiger partial charge on any atom is 0.419 e. The molecular weight excluding hydrogens is 329 g/mol. The number of rotatable bonds is 3. The number of aliphatic carboxylic acids is 2. The van der Waals surface area contributed by atoms with E-state index in [4.69, 9.17) is 5.11 Å². The highest BCUT2D eigenvalue weighted by atomic mass is 19.4. The van der Waals surface area contributed by atoms with Crippen LogP contribution in [-0.2, 0) is 15.8 Å². The van der Waals surface area contributed by atoms with Crippen molar-refractivity contribution in [3.63, 3.8) is 0 Å². The number of benzene rings is 1. The zero-order valence-corrected chi connectivity index (χ0v) is 12.4. The van der Waals surface area contributed by atoms with Crippen molar-refractivity contribution in [2.75, 3.05) is 0 Å². The number of aromatic hydroxyl groups is 1. The van der Waals surface area contributed by atoms with E-state index in [-0.39, 0.29) is 23.1 Å². The molecule has 0 bridgehead atoms. The number of carbonyl (C=O) groups is 2. The van der Waals surface area contributed by atoms with Gasteiger partial charge in [0.25, 0.3) is 0 Å². The van der Waals surface area contributed by atoms with E-state index in [0.29, 0.717) is 6.07 Å². The monoisotopic (exact) mass is 342 g/mol. The van der Waals surface area contributed by atoms with Gasteiger partial charge in [-0.3, -0.25) is 4.79 Å². The molecule has 5 nitrogen and oxygen atoms in total. The molecule has 3 N–H and O–H groups in total. The summed E-state index contributed by atoms with van der Waals surface area (Å²) in [5, 5.41) is 27.9. The number of carboxylic acid groups (broad SMARTS) is 2. The molecule has 0 aliphatic heterocycles. The molecule has 0 aromatic heterocycles. The molecule has 0 heterocycles. The first-order chi connectivity index (χ1) is 11.0. The quantitative estimate of drug-likeness (QED) is 0.783. The summed E-state index contributed by atoms with van der Waals surface area (Å²) in [4.78, 5) is 22.7. The van der Waals surface area contributed by atoms with E-state index in [1.807, 2.05) is 0 Å². The molecule has 0 fully saturated rings. The predicted octanol–water partition coefficient (Wildman–Crippen LogP) is 3.30. The van der Waals surface area contributed by atoms with Crippen LogP contribution in [-0.4, -0.2) is 27.3 Å². The Kier molecular flexibility index (Phi) is 4.18. The number of allylic oxidation sites excluding steroid dienone is 2. The van der Waals surface area contributed by atoms with Crippen LogP contribution in [0.3, 0.4) is 0 Å². The predicted molar refractivity (Wildman–Crippen MR) is 77.2 cm³/mol. The fourth-order valence-electron chi connectivity index (χ4n) is 2.59. The lowest BCUT2D eigenvalue weighted by Crippen LogP contribution is -2.32. The van der Waals surface area contributed by atoms with Crippen LogP contribution >= 0.6 is 0 Å². The molecule has 2 rings (SSSR count). The molecule has 0 radical (unpaired) electrons. The van der Waals surface area contributed by atoms with E-state index < -0.39 is 34.8 Å². The molecule has 0 spiro atoms. The van der Waals surface area contributed by atoms with Gasteiger partial charge in [-0.05, 0) is 36.6 Å². The van der Waals surface area contributed by atoms with Gasteiger partial charge >= 0.3 is 18.1 Å². The average Bonchev–Trinajstić information content (AvgIpc) is 2.46. The lowest BCUT2D eigenvalue weighted by Gasteiger charge is -2.31. The Morgan fingerprint density at radius 1 is 1.17 bits per heavy atom. The SMILES string of the molecule is CC1(C(=O)O)CC(C(=O)O)=CC=C1c1ccc(O)c(C(F)(F)F)c1. The van der Waals surface area contributed by atoms with Gasteiger partial charge in [0.15, 0.2) is 0 Å². The van der Waals surface area contributed by atoms with Crippen molar-refractivity contribution >= 4 is 17.5 Å². The molecule has 128 valence electrons.